The summed E-state index contributed by atoms with van der Waals surface area (Å²) in [6.07, 6.45) is 4.75. The van der Waals surface area contributed by atoms with Crippen molar-refractivity contribution in [3.05, 3.63) is 0 Å². The van der Waals surface area contributed by atoms with Crippen LogP contribution in [0.15, 0.2) is 0 Å². The van der Waals surface area contributed by atoms with Gasteiger partial charge in [-0.25, -0.2) is 0 Å². The topological polar surface area (TPSA) is 52.7 Å². The quantitative estimate of drug-likeness (QED) is 0.808. The molecule has 1 N–H and O–H groups in total. The molecule has 0 bridgehead atoms. The lowest BCUT2D eigenvalue weighted by Gasteiger charge is -2.34. The zero-order valence-electron chi connectivity index (χ0n) is 14.3. The molecular weight excluding hydrogens is 278 g/mol. The summed E-state index contributed by atoms with van der Waals surface area (Å²) in [5, 5.41) is 3.21. The lowest BCUT2D eigenvalue weighted by Crippen LogP contribution is -2.45. The molecule has 0 aromatic carbocycles. The Balaban J connectivity index is 1.91. The monoisotopic (exact) mass is 309 g/mol. The van der Waals surface area contributed by atoms with E-state index in [2.05, 4.69) is 19.2 Å². The SMILES string of the molecule is CCCC(C)N1CC(C(=O)N2CCCC(CNC)C2)CC1=O. The molecule has 0 aromatic rings. The summed E-state index contributed by atoms with van der Waals surface area (Å²) in [5.41, 5.74) is 0. The van der Waals surface area contributed by atoms with Crippen LogP contribution in [-0.2, 0) is 9.59 Å². The third-order valence-corrected chi connectivity index (χ3v) is 5.07. The zero-order valence-corrected chi connectivity index (χ0v) is 14.3. The van der Waals surface area contributed by atoms with Gasteiger partial charge in [0.25, 0.3) is 0 Å². The van der Waals surface area contributed by atoms with Gasteiger partial charge in [0.1, 0.15) is 0 Å². The van der Waals surface area contributed by atoms with Gasteiger partial charge in [-0.15, -0.1) is 0 Å². The first kappa shape index (κ1) is 17.3. The van der Waals surface area contributed by atoms with Gasteiger partial charge in [0.15, 0.2) is 0 Å². The average molecular weight is 309 g/mol. The van der Waals surface area contributed by atoms with Crippen molar-refractivity contribution >= 4 is 11.8 Å². The lowest BCUT2D eigenvalue weighted by molar-refractivity contribution is -0.137. The standard InChI is InChI=1S/C17H31N3O2/c1-4-6-13(2)20-12-15(9-16(20)21)17(22)19-8-5-7-14(11-19)10-18-3/h13-15,18H,4-12H2,1-3H3. The van der Waals surface area contributed by atoms with Crippen LogP contribution in [0.2, 0.25) is 0 Å². The minimum Gasteiger partial charge on any atom is -0.342 e. The number of rotatable bonds is 6. The average Bonchev–Trinajstić information content (AvgIpc) is 2.89. The van der Waals surface area contributed by atoms with Crippen molar-refractivity contribution in [1.82, 2.24) is 15.1 Å². The van der Waals surface area contributed by atoms with Crippen molar-refractivity contribution in [1.29, 1.82) is 0 Å². The van der Waals surface area contributed by atoms with Crippen molar-refractivity contribution in [2.24, 2.45) is 11.8 Å². The number of hydrogen-bond acceptors (Lipinski definition) is 3. The number of hydrogen-bond donors (Lipinski definition) is 1. The summed E-state index contributed by atoms with van der Waals surface area (Å²) < 4.78 is 0. The summed E-state index contributed by atoms with van der Waals surface area (Å²) in [4.78, 5) is 28.9. The normalized spacial score (nSPS) is 27.3. The highest BCUT2D eigenvalue weighted by Crippen LogP contribution is 2.26. The number of carbonyl (C=O) groups is 2. The van der Waals surface area contributed by atoms with E-state index in [1.807, 2.05) is 16.8 Å². The fourth-order valence-corrected chi connectivity index (χ4v) is 3.88. The number of piperidine rings is 1. The van der Waals surface area contributed by atoms with Gasteiger partial charge >= 0.3 is 0 Å². The van der Waals surface area contributed by atoms with Crippen molar-refractivity contribution in [3.8, 4) is 0 Å². The first-order valence-electron chi connectivity index (χ1n) is 8.79. The molecule has 22 heavy (non-hydrogen) atoms. The van der Waals surface area contributed by atoms with Crippen LogP contribution in [0, 0.1) is 11.8 Å². The van der Waals surface area contributed by atoms with Crippen LogP contribution >= 0.6 is 0 Å². The van der Waals surface area contributed by atoms with Gasteiger partial charge in [0, 0.05) is 32.1 Å². The molecule has 0 aliphatic carbocycles. The highest BCUT2D eigenvalue weighted by atomic mass is 16.2. The Bertz CT molecular complexity index is 397. The fourth-order valence-electron chi connectivity index (χ4n) is 3.88. The maximum absolute atomic E-state index is 12.7. The third kappa shape index (κ3) is 4.00. The Labute approximate surface area is 134 Å². The van der Waals surface area contributed by atoms with E-state index in [9.17, 15) is 9.59 Å². The van der Waals surface area contributed by atoms with E-state index >= 15 is 0 Å². The molecule has 2 fully saturated rings. The Hall–Kier alpha value is -1.10. The number of likely N-dealkylation sites (tertiary alicyclic amines) is 2. The van der Waals surface area contributed by atoms with E-state index in [1.54, 1.807) is 0 Å². The number of nitrogens with zero attached hydrogens (tertiary/aromatic N) is 2. The molecule has 2 saturated heterocycles. The molecule has 3 atom stereocenters. The number of carbonyl (C=O) groups excluding carboxylic acids is 2. The molecule has 2 rings (SSSR count). The zero-order chi connectivity index (χ0) is 16.1. The first-order valence-corrected chi connectivity index (χ1v) is 8.79. The van der Waals surface area contributed by atoms with Crippen LogP contribution in [0.25, 0.3) is 0 Å². The summed E-state index contributed by atoms with van der Waals surface area (Å²) in [6, 6.07) is 0.258. The van der Waals surface area contributed by atoms with Crippen molar-refractivity contribution in [2.75, 3.05) is 33.2 Å². The van der Waals surface area contributed by atoms with Crippen LogP contribution in [0.1, 0.15) is 46.0 Å². The number of nitrogens with one attached hydrogen (secondary N) is 1. The summed E-state index contributed by atoms with van der Waals surface area (Å²) in [7, 11) is 1.96. The molecule has 5 nitrogen and oxygen atoms in total. The van der Waals surface area contributed by atoms with Crippen molar-refractivity contribution < 1.29 is 9.59 Å². The molecule has 0 saturated carbocycles. The highest BCUT2D eigenvalue weighted by molar-refractivity contribution is 5.89. The molecule has 2 aliphatic rings. The summed E-state index contributed by atoms with van der Waals surface area (Å²) in [5.74, 6) is 0.776. The Kier molecular flexibility index (Phi) is 6.24. The van der Waals surface area contributed by atoms with Crippen LogP contribution < -0.4 is 5.32 Å². The van der Waals surface area contributed by atoms with Gasteiger partial charge in [0.05, 0.1) is 5.92 Å². The predicted octanol–water partition coefficient (Wildman–Crippen LogP) is 1.48. The van der Waals surface area contributed by atoms with Gasteiger partial charge in [0.2, 0.25) is 11.8 Å². The largest absolute Gasteiger partial charge is 0.342 e. The van der Waals surface area contributed by atoms with Crippen LogP contribution in [0.4, 0.5) is 0 Å². The van der Waals surface area contributed by atoms with E-state index in [4.69, 9.17) is 0 Å². The van der Waals surface area contributed by atoms with Gasteiger partial charge in [-0.05, 0) is 45.7 Å². The summed E-state index contributed by atoms with van der Waals surface area (Å²) in [6.45, 7) is 7.51. The minimum atomic E-state index is -0.125. The predicted molar refractivity (Wildman–Crippen MR) is 87.4 cm³/mol. The van der Waals surface area contributed by atoms with Crippen molar-refractivity contribution in [2.45, 2.75) is 52.0 Å². The van der Waals surface area contributed by atoms with Gasteiger partial charge in [-0.3, -0.25) is 9.59 Å². The van der Waals surface area contributed by atoms with Crippen LogP contribution in [0.3, 0.4) is 0 Å². The second kappa shape index (κ2) is 7.95. The highest BCUT2D eigenvalue weighted by Gasteiger charge is 2.39. The second-order valence-electron chi connectivity index (χ2n) is 6.94. The molecule has 2 heterocycles. The molecule has 0 radical (unpaired) electrons. The van der Waals surface area contributed by atoms with E-state index in [1.165, 1.54) is 6.42 Å². The molecule has 2 amide bonds. The van der Waals surface area contributed by atoms with Gasteiger partial charge < -0.3 is 15.1 Å². The molecule has 126 valence electrons. The van der Waals surface area contributed by atoms with Crippen LogP contribution in [-0.4, -0.2) is 60.9 Å². The molecular formula is C17H31N3O2. The van der Waals surface area contributed by atoms with Crippen LogP contribution in [0.5, 0.6) is 0 Å². The molecule has 3 unspecified atom stereocenters. The smallest absolute Gasteiger partial charge is 0.228 e. The van der Waals surface area contributed by atoms with E-state index < -0.39 is 0 Å². The number of amides is 2. The molecule has 0 spiro atoms. The van der Waals surface area contributed by atoms with Gasteiger partial charge in [-0.1, -0.05) is 13.3 Å². The van der Waals surface area contributed by atoms with E-state index in [-0.39, 0.29) is 23.8 Å². The fraction of sp³-hybridized carbons (Fsp3) is 0.882. The Morgan fingerprint density at radius 1 is 1.41 bits per heavy atom. The molecule has 5 heteroatoms. The summed E-state index contributed by atoms with van der Waals surface area (Å²) >= 11 is 0. The maximum Gasteiger partial charge on any atom is 0.228 e. The van der Waals surface area contributed by atoms with Crippen molar-refractivity contribution in [3.63, 3.8) is 0 Å². The maximum atomic E-state index is 12.7. The Morgan fingerprint density at radius 3 is 2.86 bits per heavy atom. The van der Waals surface area contributed by atoms with E-state index in [0.29, 0.717) is 18.9 Å². The third-order valence-electron chi connectivity index (χ3n) is 5.07. The molecule has 0 aromatic heterocycles. The van der Waals surface area contributed by atoms with Gasteiger partial charge in [-0.2, -0.15) is 0 Å². The second-order valence-corrected chi connectivity index (χ2v) is 6.94. The Morgan fingerprint density at radius 2 is 2.18 bits per heavy atom. The molecule has 2 aliphatic heterocycles. The first-order chi connectivity index (χ1) is 10.6. The minimum absolute atomic E-state index is 0.125. The van der Waals surface area contributed by atoms with E-state index in [0.717, 1.165) is 38.9 Å². The lowest BCUT2D eigenvalue weighted by atomic mass is 9.96.